The summed E-state index contributed by atoms with van der Waals surface area (Å²) in [4.78, 5) is 23.4. The number of aromatic nitrogens is 4. The Hall–Kier alpha value is -3.83. The van der Waals surface area contributed by atoms with E-state index >= 15 is 0 Å². The number of hydrogen-bond donors (Lipinski definition) is 0. The van der Waals surface area contributed by atoms with Gasteiger partial charge in [-0.3, -0.25) is 9.69 Å². The summed E-state index contributed by atoms with van der Waals surface area (Å²) in [5.41, 5.74) is 4.75. The fourth-order valence-electron chi connectivity index (χ4n) is 2.98. The van der Waals surface area contributed by atoms with Gasteiger partial charge in [-0.2, -0.15) is 5.26 Å². The number of aryl methyl sites for hydroxylation is 2. The molecule has 2 heterocycles. The molecule has 4 rings (SSSR count). The lowest BCUT2D eigenvalue weighted by molar-refractivity contribution is -0.118. The largest absolute Gasteiger partial charge is 0.272 e. The van der Waals surface area contributed by atoms with Crippen molar-refractivity contribution in [2.45, 2.75) is 20.4 Å². The van der Waals surface area contributed by atoms with Crippen molar-refractivity contribution in [3.63, 3.8) is 0 Å². The quantitative estimate of drug-likeness (QED) is 0.487. The van der Waals surface area contributed by atoms with Gasteiger partial charge in [-0.15, -0.1) is 16.4 Å². The Kier molecular flexibility index (Phi) is 5.37. The number of anilines is 2. The van der Waals surface area contributed by atoms with Gasteiger partial charge < -0.3 is 0 Å². The first-order valence-corrected chi connectivity index (χ1v) is 10.1. The van der Waals surface area contributed by atoms with Gasteiger partial charge >= 0.3 is 0 Å². The highest BCUT2D eigenvalue weighted by atomic mass is 32.1. The molecule has 30 heavy (non-hydrogen) atoms. The number of carbonyl (C=O) groups excluding carboxylic acids is 1. The van der Waals surface area contributed by atoms with E-state index in [1.807, 2.05) is 73.8 Å². The van der Waals surface area contributed by atoms with Crippen LogP contribution in [0.3, 0.4) is 0 Å². The van der Waals surface area contributed by atoms with Gasteiger partial charge in [0.1, 0.15) is 18.9 Å². The monoisotopic (exact) mass is 414 g/mol. The third-order valence-electron chi connectivity index (χ3n) is 4.47. The van der Waals surface area contributed by atoms with Crippen LogP contribution in [0.2, 0.25) is 0 Å². The minimum Gasteiger partial charge on any atom is -0.272 e. The van der Waals surface area contributed by atoms with Crippen molar-refractivity contribution in [3.8, 4) is 17.3 Å². The van der Waals surface area contributed by atoms with E-state index in [9.17, 15) is 4.79 Å². The number of benzene rings is 2. The normalized spacial score (nSPS) is 10.6. The van der Waals surface area contributed by atoms with Gasteiger partial charge in [0.05, 0.1) is 11.4 Å². The highest BCUT2D eigenvalue weighted by Gasteiger charge is 2.22. The van der Waals surface area contributed by atoms with Crippen LogP contribution < -0.4 is 4.90 Å². The van der Waals surface area contributed by atoms with E-state index in [2.05, 4.69) is 10.1 Å². The smallest absolute Gasteiger partial charge is 0.255 e. The van der Waals surface area contributed by atoms with Crippen LogP contribution in [0, 0.1) is 25.2 Å². The molecule has 0 fully saturated rings. The molecule has 0 radical (unpaired) electrons. The lowest BCUT2D eigenvalue weighted by atomic mass is 10.1. The Balaban J connectivity index is 1.69. The second kappa shape index (κ2) is 8.27. The predicted octanol–water partition coefficient (Wildman–Crippen LogP) is 4.26. The van der Waals surface area contributed by atoms with Crippen molar-refractivity contribution >= 4 is 28.1 Å². The first kappa shape index (κ1) is 19.5. The maximum Gasteiger partial charge on any atom is 0.255 e. The molecule has 0 atom stereocenters. The molecule has 0 saturated heterocycles. The number of nitrogens with zero attached hydrogens (tertiary/aromatic N) is 6. The summed E-state index contributed by atoms with van der Waals surface area (Å²) in [5, 5.41) is 15.4. The Morgan fingerprint density at radius 3 is 2.67 bits per heavy atom. The van der Waals surface area contributed by atoms with E-state index in [1.54, 1.807) is 4.90 Å². The van der Waals surface area contributed by atoms with Crippen molar-refractivity contribution in [1.29, 1.82) is 5.26 Å². The average Bonchev–Trinajstić information content (AvgIpc) is 3.39. The molecule has 0 unspecified atom stereocenters. The van der Waals surface area contributed by atoms with Crippen molar-refractivity contribution < 1.29 is 4.79 Å². The van der Waals surface area contributed by atoms with Crippen LogP contribution in [0.25, 0.3) is 11.3 Å². The maximum absolute atomic E-state index is 13.2. The molecule has 8 heteroatoms. The topological polar surface area (TPSA) is 87.7 Å². The zero-order valence-corrected chi connectivity index (χ0v) is 17.3. The van der Waals surface area contributed by atoms with Gasteiger partial charge in [-0.05, 0) is 31.5 Å². The maximum atomic E-state index is 13.2. The van der Waals surface area contributed by atoms with E-state index in [-0.39, 0.29) is 18.3 Å². The molecule has 2 aromatic carbocycles. The van der Waals surface area contributed by atoms with Gasteiger partial charge in [0.15, 0.2) is 5.13 Å². The molecular formula is C22H18N6OS. The van der Waals surface area contributed by atoms with E-state index < -0.39 is 0 Å². The lowest BCUT2D eigenvalue weighted by Crippen LogP contribution is -2.30. The number of amides is 1. The zero-order valence-electron chi connectivity index (χ0n) is 16.5. The molecule has 0 aliphatic rings. The molecule has 0 saturated carbocycles. The molecule has 0 aliphatic heterocycles. The van der Waals surface area contributed by atoms with Gasteiger partial charge in [0.25, 0.3) is 11.7 Å². The SMILES string of the molecule is Cc1ccc(-c2csc(N(C(=O)Cn3cnc(C#N)n3)c3cccc(C)c3)n2)cc1. The first-order chi connectivity index (χ1) is 14.5. The number of rotatable bonds is 5. The summed E-state index contributed by atoms with van der Waals surface area (Å²) < 4.78 is 1.36. The molecule has 0 N–H and O–H groups in total. The Labute approximate surface area is 177 Å². The predicted molar refractivity (Wildman–Crippen MR) is 115 cm³/mol. The molecule has 0 spiro atoms. The fraction of sp³-hybridized carbons (Fsp3) is 0.136. The summed E-state index contributed by atoms with van der Waals surface area (Å²) in [7, 11) is 0. The Morgan fingerprint density at radius 2 is 1.97 bits per heavy atom. The van der Waals surface area contributed by atoms with Crippen LogP contribution >= 0.6 is 11.3 Å². The number of hydrogen-bond acceptors (Lipinski definition) is 6. The van der Waals surface area contributed by atoms with Crippen molar-refractivity contribution in [1.82, 2.24) is 19.7 Å². The van der Waals surface area contributed by atoms with Crippen LogP contribution in [-0.4, -0.2) is 25.7 Å². The standard InChI is InChI=1S/C22H18N6OS/c1-15-6-8-17(9-7-15)19-13-30-22(25-19)28(18-5-3-4-16(2)10-18)21(29)12-27-14-24-20(11-23)26-27/h3-10,13-14H,12H2,1-2H3. The lowest BCUT2D eigenvalue weighted by Gasteiger charge is -2.20. The molecule has 0 aliphatic carbocycles. The summed E-state index contributed by atoms with van der Waals surface area (Å²) in [6.07, 6.45) is 1.38. The van der Waals surface area contributed by atoms with E-state index in [0.717, 1.165) is 22.5 Å². The van der Waals surface area contributed by atoms with Gasteiger partial charge in [-0.1, -0.05) is 42.0 Å². The summed E-state index contributed by atoms with van der Waals surface area (Å²) in [5.74, 6) is -0.194. The van der Waals surface area contributed by atoms with Gasteiger partial charge in [0, 0.05) is 10.9 Å². The zero-order chi connectivity index (χ0) is 21.1. The van der Waals surface area contributed by atoms with Crippen LogP contribution in [0.5, 0.6) is 0 Å². The van der Waals surface area contributed by atoms with Gasteiger partial charge in [0.2, 0.25) is 0 Å². The molecule has 0 bridgehead atoms. The summed E-state index contributed by atoms with van der Waals surface area (Å²) >= 11 is 1.40. The minimum absolute atomic E-state index is 0.0285. The van der Waals surface area contributed by atoms with Crippen molar-refractivity contribution in [3.05, 3.63) is 77.2 Å². The van der Waals surface area contributed by atoms with Crippen LogP contribution in [-0.2, 0) is 11.3 Å². The molecule has 7 nitrogen and oxygen atoms in total. The molecular weight excluding hydrogens is 396 g/mol. The molecule has 4 aromatic rings. The fourth-order valence-corrected chi connectivity index (χ4v) is 3.85. The molecule has 2 aromatic heterocycles. The number of nitriles is 1. The minimum atomic E-state index is -0.222. The second-order valence-electron chi connectivity index (χ2n) is 6.83. The summed E-state index contributed by atoms with van der Waals surface area (Å²) in [6.45, 7) is 3.96. The van der Waals surface area contributed by atoms with E-state index in [0.29, 0.717) is 5.13 Å². The van der Waals surface area contributed by atoms with Crippen LogP contribution in [0.1, 0.15) is 17.0 Å². The van der Waals surface area contributed by atoms with E-state index in [1.165, 1.54) is 27.9 Å². The van der Waals surface area contributed by atoms with Crippen molar-refractivity contribution in [2.75, 3.05) is 4.90 Å². The second-order valence-corrected chi connectivity index (χ2v) is 7.66. The molecule has 1 amide bonds. The van der Waals surface area contributed by atoms with Crippen molar-refractivity contribution in [2.24, 2.45) is 0 Å². The molecule has 148 valence electrons. The number of carbonyl (C=O) groups is 1. The summed E-state index contributed by atoms with van der Waals surface area (Å²) in [6, 6.07) is 17.7. The first-order valence-electron chi connectivity index (χ1n) is 9.25. The van der Waals surface area contributed by atoms with Crippen LogP contribution in [0.15, 0.2) is 60.2 Å². The highest BCUT2D eigenvalue weighted by Crippen LogP contribution is 2.33. The average molecular weight is 414 g/mol. The van der Waals surface area contributed by atoms with E-state index in [4.69, 9.17) is 10.2 Å². The van der Waals surface area contributed by atoms with Crippen LogP contribution in [0.4, 0.5) is 10.8 Å². The highest BCUT2D eigenvalue weighted by molar-refractivity contribution is 7.14. The third-order valence-corrected chi connectivity index (χ3v) is 5.30. The Morgan fingerprint density at radius 1 is 1.17 bits per heavy atom. The van der Waals surface area contributed by atoms with Gasteiger partial charge in [-0.25, -0.2) is 14.6 Å². The third kappa shape index (κ3) is 4.11. The Bertz CT molecular complexity index is 1240. The number of thiazole rings is 1.